The van der Waals surface area contributed by atoms with E-state index in [1.165, 1.54) is 0 Å². The minimum atomic E-state index is -5.17. The maximum Gasteiger partial charge on any atom is 2.00 e. The van der Waals surface area contributed by atoms with E-state index in [4.69, 9.17) is 32.8 Å². The molecule has 0 saturated heterocycles. The molecule has 0 aliphatic rings. The summed E-state index contributed by atoms with van der Waals surface area (Å²) in [5, 5.41) is 14.8. The second-order valence-corrected chi connectivity index (χ2v) is 1.45. The van der Waals surface area contributed by atoms with Crippen molar-refractivity contribution in [2.24, 2.45) is 0 Å². The molecule has 0 saturated carbocycles. The summed E-state index contributed by atoms with van der Waals surface area (Å²) in [7, 11) is -5.17. The monoisotopic (exact) mass is 273 g/mol. The summed E-state index contributed by atoms with van der Waals surface area (Å²) in [5.41, 5.74) is 0. The predicted octanol–water partition coefficient (Wildman–Crippen LogP) is -1.58. The Balaban J connectivity index is -0.0000000383. The molecule has 11 heavy (non-hydrogen) atoms. The maximum absolute atomic E-state index is 8.52. The topological polar surface area (TPSA) is 146 Å². The van der Waals surface area contributed by atoms with Crippen LogP contribution in [0.25, 0.3) is 0 Å². The molecule has 0 rings (SSSR count). The molecule has 0 unspecified atom stereocenters. The molecule has 0 amide bonds. The quantitative estimate of drug-likeness (QED) is 0.170. The maximum atomic E-state index is 8.52. The van der Waals surface area contributed by atoms with Crippen molar-refractivity contribution in [3.8, 4) is 0 Å². The Hall–Kier alpha value is 0.0960. The van der Waals surface area contributed by atoms with Crippen molar-refractivity contribution >= 4 is 10.4 Å². The van der Waals surface area contributed by atoms with E-state index in [9.17, 15) is 0 Å². The molecule has 1 radical (unpaired) electrons. The zero-order valence-electron chi connectivity index (χ0n) is 4.40. The average Bonchev–Trinajstić information content (AvgIpc) is 1.19. The first-order valence-corrected chi connectivity index (χ1v) is 2.55. The molecule has 8 nitrogen and oxygen atoms in total. The smallest absolute Gasteiger partial charge is 0.759 e. The van der Waals surface area contributed by atoms with Gasteiger partial charge in [0.1, 0.15) is 0 Å². The summed E-state index contributed by atoms with van der Waals surface area (Å²) in [6.07, 6.45) is 0. The van der Waals surface area contributed by atoms with Gasteiger partial charge in [-0.3, -0.25) is 8.42 Å². The summed E-state index contributed by atoms with van der Waals surface area (Å²) in [5.74, 6) is 0. The number of rotatable bonds is 0. The molecule has 0 bridgehead atoms. The van der Waals surface area contributed by atoms with Crippen LogP contribution in [0.1, 0.15) is 0 Å². The molecular weight excluding hydrogens is 273 g/mol. The first-order valence-electron chi connectivity index (χ1n) is 1.21. The Labute approximate surface area is 82.3 Å². The van der Waals surface area contributed by atoms with Crippen molar-refractivity contribution in [3.05, 3.63) is 15.3 Å². The van der Waals surface area contributed by atoms with Crippen LogP contribution in [0.5, 0.6) is 0 Å². The van der Waals surface area contributed by atoms with Gasteiger partial charge in [-0.15, -0.1) is 0 Å². The van der Waals surface area contributed by atoms with Crippen LogP contribution in [-0.2, 0) is 44.2 Å². The third kappa shape index (κ3) is 71800. The van der Waals surface area contributed by atoms with Crippen LogP contribution in [0.4, 0.5) is 0 Å². The van der Waals surface area contributed by atoms with Crippen molar-refractivity contribution in [1.82, 2.24) is 0 Å². The standard InChI is InChI=1S/Co.Fe.NO3.H2O4S/c;;2-1(3)4;1-5(2,3)4/h;;;(H2,1,2,3,4)/q2*+2;-1;/p-2. The SMILES string of the molecule is O=S(=O)([O-])[O-].O=[N+]([O-])[O-].[Co+2].[Fe+2]. The minimum absolute atomic E-state index is 0. The molecule has 0 aliphatic carbocycles. The van der Waals surface area contributed by atoms with Gasteiger partial charge >= 0.3 is 33.8 Å². The van der Waals surface area contributed by atoms with E-state index in [0.29, 0.717) is 0 Å². The normalized spacial score (nSPS) is 7.45. The predicted molar refractivity (Wildman–Crippen MR) is 20.8 cm³/mol. The second-order valence-electron chi connectivity index (χ2n) is 0.632. The first kappa shape index (κ1) is 22.5. The van der Waals surface area contributed by atoms with Crippen LogP contribution < -0.4 is 0 Å². The fourth-order valence-corrected chi connectivity index (χ4v) is 0. The van der Waals surface area contributed by atoms with Gasteiger partial charge in [-0.1, -0.05) is 0 Å². The fraction of sp³-hybridized carbons (Fsp3) is 0. The molecule has 11 heteroatoms. The van der Waals surface area contributed by atoms with Crippen molar-refractivity contribution in [1.29, 1.82) is 0 Å². The van der Waals surface area contributed by atoms with Crippen LogP contribution in [0.2, 0.25) is 0 Å². The summed E-state index contributed by atoms with van der Waals surface area (Å²) in [6, 6.07) is 0. The first-order chi connectivity index (χ1) is 3.73. The molecule has 69 valence electrons. The van der Waals surface area contributed by atoms with Gasteiger partial charge in [0, 0.05) is 10.4 Å². The van der Waals surface area contributed by atoms with E-state index in [1.54, 1.807) is 0 Å². The van der Waals surface area contributed by atoms with Gasteiger partial charge in [0.2, 0.25) is 0 Å². The summed E-state index contributed by atoms with van der Waals surface area (Å²) in [4.78, 5) is 8.25. The molecular formula is CoFeNO7S+. The van der Waals surface area contributed by atoms with E-state index in [-0.39, 0.29) is 33.8 Å². The van der Waals surface area contributed by atoms with Gasteiger partial charge in [-0.25, -0.2) is 0 Å². The summed E-state index contributed by atoms with van der Waals surface area (Å²) < 4.78 is 34.1. The average molecular weight is 273 g/mol. The number of hydrogen-bond donors (Lipinski definition) is 0. The molecule has 0 aromatic heterocycles. The van der Waals surface area contributed by atoms with Gasteiger partial charge in [-0.2, -0.15) is 0 Å². The van der Waals surface area contributed by atoms with E-state index in [0.717, 1.165) is 0 Å². The summed E-state index contributed by atoms with van der Waals surface area (Å²) in [6.45, 7) is 0. The molecule has 0 aliphatic heterocycles. The Kier molecular flexibility index (Phi) is 20.6. The van der Waals surface area contributed by atoms with Gasteiger partial charge in [0.05, 0.1) is 5.09 Å². The molecule has 0 aromatic rings. The van der Waals surface area contributed by atoms with Crippen LogP contribution in [0.3, 0.4) is 0 Å². The molecule has 0 N–H and O–H groups in total. The van der Waals surface area contributed by atoms with Crippen molar-refractivity contribution in [3.63, 3.8) is 0 Å². The number of hydrogen-bond acceptors (Lipinski definition) is 7. The van der Waals surface area contributed by atoms with Gasteiger partial charge in [0.15, 0.2) is 0 Å². The zero-order chi connectivity index (χ0) is 8.08. The minimum Gasteiger partial charge on any atom is -0.759 e. The second kappa shape index (κ2) is 10.1. The fourth-order valence-electron chi connectivity index (χ4n) is 0. The van der Waals surface area contributed by atoms with Gasteiger partial charge < -0.3 is 24.4 Å². The van der Waals surface area contributed by atoms with Crippen LogP contribution in [-0.4, -0.2) is 22.6 Å². The van der Waals surface area contributed by atoms with Gasteiger partial charge in [0.25, 0.3) is 0 Å². The Morgan fingerprint density at radius 2 is 1.09 bits per heavy atom. The number of nitrogens with zero attached hydrogens (tertiary/aromatic N) is 1. The zero-order valence-corrected chi connectivity index (χ0v) is 7.36. The van der Waals surface area contributed by atoms with E-state index >= 15 is 0 Å². The Bertz CT molecular complexity index is 161. The van der Waals surface area contributed by atoms with Crippen LogP contribution >= 0.6 is 0 Å². The molecule has 0 atom stereocenters. The van der Waals surface area contributed by atoms with Crippen molar-refractivity contribution < 1.29 is 56.5 Å². The van der Waals surface area contributed by atoms with Crippen molar-refractivity contribution in [2.75, 3.05) is 0 Å². The van der Waals surface area contributed by atoms with E-state index in [2.05, 4.69) is 0 Å². The largest absolute Gasteiger partial charge is 2.00 e. The third-order valence-electron chi connectivity index (χ3n) is 0. The van der Waals surface area contributed by atoms with E-state index in [1.807, 2.05) is 0 Å². The van der Waals surface area contributed by atoms with Crippen LogP contribution in [0, 0.1) is 15.3 Å². The molecule has 0 spiro atoms. The molecule has 0 aromatic carbocycles. The third-order valence-corrected chi connectivity index (χ3v) is 0. The summed E-state index contributed by atoms with van der Waals surface area (Å²) >= 11 is 0. The molecule has 0 heterocycles. The van der Waals surface area contributed by atoms with Gasteiger partial charge in [-0.05, 0) is 0 Å². The Morgan fingerprint density at radius 3 is 1.09 bits per heavy atom. The van der Waals surface area contributed by atoms with Crippen LogP contribution in [0.15, 0.2) is 0 Å². The van der Waals surface area contributed by atoms with Crippen molar-refractivity contribution in [2.45, 2.75) is 0 Å². The Morgan fingerprint density at radius 1 is 1.09 bits per heavy atom. The van der Waals surface area contributed by atoms with E-state index < -0.39 is 15.5 Å². The molecule has 0 fully saturated rings.